The quantitative estimate of drug-likeness (QED) is 0.128. The summed E-state index contributed by atoms with van der Waals surface area (Å²) in [5, 5.41) is 10.9. The predicted molar refractivity (Wildman–Crippen MR) is 173 cm³/mol. The lowest BCUT2D eigenvalue weighted by Gasteiger charge is -2.16. The van der Waals surface area contributed by atoms with Crippen LogP contribution in [0.4, 0.5) is 5.69 Å². The normalized spacial score (nSPS) is 12.9. The number of allylic oxidation sites excluding steroid dienone is 2. The van der Waals surface area contributed by atoms with Gasteiger partial charge in [0.25, 0.3) is 11.7 Å². The first kappa shape index (κ1) is 29.5. The molecule has 6 rings (SSSR count). The van der Waals surface area contributed by atoms with Crippen LogP contribution in [0.1, 0.15) is 27.2 Å². The van der Waals surface area contributed by atoms with Crippen LogP contribution in [0.3, 0.4) is 0 Å². The van der Waals surface area contributed by atoms with Gasteiger partial charge >= 0.3 is 0 Å². The van der Waals surface area contributed by atoms with E-state index in [0.29, 0.717) is 40.0 Å². The van der Waals surface area contributed by atoms with Gasteiger partial charge in [-0.15, -0.1) is 5.10 Å². The second-order valence-corrected chi connectivity index (χ2v) is 10.7. The van der Waals surface area contributed by atoms with E-state index in [1.165, 1.54) is 17.0 Å². The van der Waals surface area contributed by atoms with E-state index in [-0.39, 0.29) is 18.9 Å². The molecule has 0 saturated heterocycles. The van der Waals surface area contributed by atoms with Crippen LogP contribution in [0.2, 0.25) is 5.02 Å². The molecule has 45 heavy (non-hydrogen) atoms. The highest BCUT2D eigenvalue weighted by atomic mass is 35.5. The van der Waals surface area contributed by atoms with Gasteiger partial charge in [-0.2, -0.15) is 0 Å². The van der Waals surface area contributed by atoms with Crippen LogP contribution in [-0.4, -0.2) is 46.1 Å². The summed E-state index contributed by atoms with van der Waals surface area (Å²) in [6.07, 6.45) is 8.32. The smallest absolute Gasteiger partial charge is 0.299 e. The monoisotopic (exact) mass is 618 g/mol. The standard InChI is InChI=1S/C35H27ClN4O5/c1-44-33-19-23(9-13-28(41)14-11-25-7-4-6-24-5-2-3-8-29(24)25)10-16-32(33)45-22-27-21-39(38-37-27)17-18-40-31-15-12-26(36)20-30(31)34(42)35(40)43/h2-16,19-21H,17-18,22H2,1H3/b13-9+,14-11+. The molecule has 224 valence electrons. The highest BCUT2D eigenvalue weighted by Gasteiger charge is 2.35. The molecule has 0 spiro atoms. The number of hydrogen-bond donors (Lipinski definition) is 0. The number of nitrogens with zero attached hydrogens (tertiary/aromatic N) is 4. The third-order valence-corrected chi connectivity index (χ3v) is 7.56. The molecule has 0 N–H and O–H groups in total. The number of rotatable bonds is 11. The number of ether oxygens (including phenoxy) is 2. The number of halogens is 1. The SMILES string of the molecule is COc1cc(/C=C/C(=O)/C=C/c2cccc3ccccc23)ccc1OCc1cn(CCN2C(=O)C(=O)c3cc(Cl)ccc32)nn1. The molecule has 0 saturated carbocycles. The van der Waals surface area contributed by atoms with Crippen LogP contribution in [0.5, 0.6) is 11.5 Å². The molecule has 0 atom stereocenters. The molecule has 9 nitrogen and oxygen atoms in total. The molecule has 10 heteroatoms. The molecular weight excluding hydrogens is 592 g/mol. The molecule has 0 bridgehead atoms. The molecule has 1 aromatic heterocycles. The van der Waals surface area contributed by atoms with Gasteiger partial charge in [0, 0.05) is 11.6 Å². The lowest BCUT2D eigenvalue weighted by Crippen LogP contribution is -2.32. The molecule has 1 amide bonds. The number of aromatic nitrogens is 3. The predicted octanol–water partition coefficient (Wildman–Crippen LogP) is 6.20. The highest BCUT2D eigenvalue weighted by molar-refractivity contribution is 6.52. The molecule has 0 unspecified atom stereocenters. The van der Waals surface area contributed by atoms with E-state index >= 15 is 0 Å². The third kappa shape index (κ3) is 6.53. The topological polar surface area (TPSA) is 104 Å². The Labute approximate surface area is 263 Å². The van der Waals surface area contributed by atoms with Crippen molar-refractivity contribution < 1.29 is 23.9 Å². The largest absolute Gasteiger partial charge is 0.493 e. The van der Waals surface area contributed by atoms with Gasteiger partial charge in [-0.25, -0.2) is 0 Å². The number of ketones is 2. The van der Waals surface area contributed by atoms with Crippen molar-refractivity contribution in [3.63, 3.8) is 0 Å². The number of fused-ring (bicyclic) bond motifs is 2. The van der Waals surface area contributed by atoms with Crippen molar-refractivity contribution in [2.24, 2.45) is 0 Å². The highest BCUT2D eigenvalue weighted by Crippen LogP contribution is 2.31. The number of benzene rings is 4. The summed E-state index contributed by atoms with van der Waals surface area (Å²) in [4.78, 5) is 38.7. The summed E-state index contributed by atoms with van der Waals surface area (Å²) >= 11 is 5.99. The first-order valence-electron chi connectivity index (χ1n) is 14.1. The fraction of sp³-hybridized carbons (Fsp3) is 0.114. The summed E-state index contributed by atoms with van der Waals surface area (Å²) in [6, 6.07) is 24.2. The van der Waals surface area contributed by atoms with Gasteiger partial charge < -0.3 is 14.4 Å². The van der Waals surface area contributed by atoms with Gasteiger partial charge in [-0.3, -0.25) is 19.1 Å². The Balaban J connectivity index is 1.04. The molecule has 0 fully saturated rings. The van der Waals surface area contributed by atoms with E-state index in [0.717, 1.165) is 21.9 Å². The third-order valence-electron chi connectivity index (χ3n) is 7.33. The molecule has 0 radical (unpaired) electrons. The van der Waals surface area contributed by atoms with Crippen molar-refractivity contribution in [2.75, 3.05) is 18.6 Å². The lowest BCUT2D eigenvalue weighted by atomic mass is 10.0. The van der Waals surface area contributed by atoms with E-state index < -0.39 is 11.7 Å². The molecule has 4 aromatic carbocycles. The number of Topliss-reactive ketones (excluding diaryl/α,β-unsaturated/α-hetero) is 1. The van der Waals surface area contributed by atoms with Crippen LogP contribution < -0.4 is 14.4 Å². The Bertz CT molecular complexity index is 1990. The fourth-order valence-electron chi connectivity index (χ4n) is 5.07. The van der Waals surface area contributed by atoms with E-state index in [9.17, 15) is 14.4 Å². The fourth-order valence-corrected chi connectivity index (χ4v) is 5.24. The summed E-state index contributed by atoms with van der Waals surface area (Å²) in [7, 11) is 1.54. The van der Waals surface area contributed by atoms with Crippen LogP contribution in [0.15, 0.2) is 97.2 Å². The maximum atomic E-state index is 12.5. The Kier molecular flexibility index (Phi) is 8.52. The zero-order chi connectivity index (χ0) is 31.3. The number of hydrogen-bond acceptors (Lipinski definition) is 7. The van der Waals surface area contributed by atoms with Gasteiger partial charge in [0.2, 0.25) is 0 Å². The molecule has 2 heterocycles. The number of methoxy groups -OCH3 is 1. The first-order valence-corrected chi connectivity index (χ1v) is 14.5. The number of carbonyl (C=O) groups excluding carboxylic acids is 3. The Morgan fingerprint density at radius 2 is 1.73 bits per heavy atom. The molecule has 1 aliphatic heterocycles. The average molecular weight is 619 g/mol. The van der Waals surface area contributed by atoms with Crippen molar-refractivity contribution in [3.05, 3.63) is 125 Å². The van der Waals surface area contributed by atoms with Crippen LogP contribution >= 0.6 is 11.6 Å². The number of anilines is 1. The van der Waals surface area contributed by atoms with Crippen molar-refractivity contribution >= 4 is 57.7 Å². The summed E-state index contributed by atoms with van der Waals surface area (Å²) in [5.74, 6) is -0.305. The molecule has 5 aromatic rings. The Hall–Kier alpha value is -5.54. The minimum absolute atomic E-state index is 0.130. The van der Waals surface area contributed by atoms with E-state index in [1.54, 1.807) is 54.4 Å². The number of carbonyl (C=O) groups is 3. The van der Waals surface area contributed by atoms with Gasteiger partial charge in [-0.1, -0.05) is 77.5 Å². The van der Waals surface area contributed by atoms with E-state index in [1.807, 2.05) is 54.6 Å². The van der Waals surface area contributed by atoms with E-state index in [4.69, 9.17) is 21.1 Å². The van der Waals surface area contributed by atoms with Crippen molar-refractivity contribution in [1.29, 1.82) is 0 Å². The maximum absolute atomic E-state index is 12.5. The van der Waals surface area contributed by atoms with Gasteiger partial charge in [0.1, 0.15) is 12.3 Å². The minimum Gasteiger partial charge on any atom is -0.493 e. The second-order valence-electron chi connectivity index (χ2n) is 10.3. The van der Waals surface area contributed by atoms with Crippen LogP contribution in [-0.2, 0) is 22.7 Å². The van der Waals surface area contributed by atoms with Crippen LogP contribution in [0, 0.1) is 0 Å². The zero-order valence-corrected chi connectivity index (χ0v) is 25.0. The summed E-state index contributed by atoms with van der Waals surface area (Å²) in [6.45, 7) is 0.701. The average Bonchev–Trinajstić information content (AvgIpc) is 3.61. The summed E-state index contributed by atoms with van der Waals surface area (Å²) < 4.78 is 13.0. The van der Waals surface area contributed by atoms with Gasteiger partial charge in [0.15, 0.2) is 17.3 Å². The molecular formula is C35H27ClN4O5. The lowest BCUT2D eigenvalue weighted by molar-refractivity contribution is -0.114. The molecule has 0 aliphatic carbocycles. The molecule has 1 aliphatic rings. The van der Waals surface area contributed by atoms with Crippen molar-refractivity contribution in [2.45, 2.75) is 13.2 Å². The Morgan fingerprint density at radius 3 is 2.60 bits per heavy atom. The Morgan fingerprint density at radius 1 is 0.911 bits per heavy atom. The van der Waals surface area contributed by atoms with Gasteiger partial charge in [-0.05, 0) is 64.4 Å². The van der Waals surface area contributed by atoms with Crippen molar-refractivity contribution in [1.82, 2.24) is 15.0 Å². The van der Waals surface area contributed by atoms with E-state index in [2.05, 4.69) is 10.3 Å². The number of amides is 1. The maximum Gasteiger partial charge on any atom is 0.299 e. The first-order chi connectivity index (χ1) is 21.9. The zero-order valence-electron chi connectivity index (χ0n) is 24.2. The minimum atomic E-state index is -0.594. The van der Waals surface area contributed by atoms with Crippen LogP contribution in [0.25, 0.3) is 22.9 Å². The van der Waals surface area contributed by atoms with Gasteiger partial charge in [0.05, 0.1) is 31.1 Å². The van der Waals surface area contributed by atoms with Crippen molar-refractivity contribution in [3.8, 4) is 11.5 Å². The summed E-state index contributed by atoms with van der Waals surface area (Å²) in [5.41, 5.74) is 3.16. The second kappa shape index (κ2) is 13.0.